The van der Waals surface area contributed by atoms with E-state index in [0.29, 0.717) is 22.1 Å². The maximum absolute atomic E-state index is 9.99. The van der Waals surface area contributed by atoms with Gasteiger partial charge >= 0.3 is 0 Å². The zero-order chi connectivity index (χ0) is 30.7. The molecule has 6 rings (SSSR count). The second-order valence-corrected chi connectivity index (χ2v) is 13.4. The van der Waals surface area contributed by atoms with Crippen LogP contribution in [0.2, 0.25) is 5.02 Å². The van der Waals surface area contributed by atoms with E-state index >= 15 is 0 Å². The van der Waals surface area contributed by atoms with Crippen LogP contribution in [0.4, 0.5) is 11.4 Å². The molecule has 4 aromatic rings. The minimum atomic E-state index is -0.248. The van der Waals surface area contributed by atoms with Gasteiger partial charge in [0.1, 0.15) is 11.8 Å². The van der Waals surface area contributed by atoms with E-state index in [-0.39, 0.29) is 11.6 Å². The van der Waals surface area contributed by atoms with E-state index in [2.05, 4.69) is 81.1 Å². The van der Waals surface area contributed by atoms with Gasteiger partial charge in [-0.1, -0.05) is 60.0 Å². The Bertz CT molecular complexity index is 1610. The van der Waals surface area contributed by atoms with Crippen LogP contribution in [0, 0.1) is 11.3 Å². The molecule has 2 fully saturated rings. The molecule has 2 saturated heterocycles. The van der Waals surface area contributed by atoms with Gasteiger partial charge in [0, 0.05) is 49.0 Å². The summed E-state index contributed by atoms with van der Waals surface area (Å²) in [7, 11) is 0. The number of likely N-dealkylation sites (tertiary alicyclic amines) is 1. The third kappa shape index (κ3) is 6.68. The summed E-state index contributed by atoms with van der Waals surface area (Å²) in [6.45, 7) is 10.8. The summed E-state index contributed by atoms with van der Waals surface area (Å²) in [5, 5.41) is 26.5. The molecular formula is C34H42ClN9. The van der Waals surface area contributed by atoms with Crippen LogP contribution in [0.3, 0.4) is 0 Å². The number of hydrogen-bond donors (Lipinski definition) is 2. The highest BCUT2D eigenvalue weighted by molar-refractivity contribution is 6.35. The molecule has 1 atom stereocenters. The molecule has 2 aromatic carbocycles. The number of halogens is 1. The van der Waals surface area contributed by atoms with Crippen LogP contribution in [0.25, 0.3) is 10.9 Å². The van der Waals surface area contributed by atoms with E-state index in [9.17, 15) is 5.26 Å². The fourth-order valence-corrected chi connectivity index (χ4v) is 6.70. The van der Waals surface area contributed by atoms with Crippen LogP contribution in [-0.2, 0) is 0 Å². The molecule has 44 heavy (non-hydrogen) atoms. The number of nitrogens with zero attached hydrogens (tertiary/aromatic N) is 7. The Morgan fingerprint density at radius 1 is 1.00 bits per heavy atom. The van der Waals surface area contributed by atoms with E-state index in [1.54, 1.807) is 6.20 Å². The molecule has 10 heteroatoms. The Hall–Kier alpha value is -3.71. The summed E-state index contributed by atoms with van der Waals surface area (Å²) in [5.74, 6) is 0. The van der Waals surface area contributed by atoms with Crippen LogP contribution in [0.5, 0.6) is 0 Å². The second-order valence-electron chi connectivity index (χ2n) is 13.0. The quantitative estimate of drug-likeness (QED) is 0.227. The topological polar surface area (TPSA) is 97.9 Å². The average Bonchev–Trinajstić information content (AvgIpc) is 3.37. The molecule has 2 aliphatic heterocycles. The summed E-state index contributed by atoms with van der Waals surface area (Å²) >= 11 is 6.86. The average molecular weight is 612 g/mol. The zero-order valence-corrected chi connectivity index (χ0v) is 26.7. The van der Waals surface area contributed by atoms with Gasteiger partial charge in [0.05, 0.1) is 40.1 Å². The molecule has 1 unspecified atom stereocenters. The molecule has 0 spiro atoms. The predicted octanol–water partition coefficient (Wildman–Crippen LogP) is 7.19. The molecule has 0 saturated carbocycles. The van der Waals surface area contributed by atoms with Crippen molar-refractivity contribution in [3.8, 4) is 6.07 Å². The van der Waals surface area contributed by atoms with Gasteiger partial charge < -0.3 is 10.7 Å². The number of hydrazine groups is 1. The summed E-state index contributed by atoms with van der Waals surface area (Å²) in [4.78, 5) is 7.11. The van der Waals surface area contributed by atoms with Gasteiger partial charge in [-0.25, -0.2) is 9.69 Å². The molecule has 0 radical (unpaired) electrons. The summed E-state index contributed by atoms with van der Waals surface area (Å²) in [6, 6.07) is 16.6. The normalized spacial score (nSPS) is 18.1. The fraction of sp³-hybridized carbons (Fsp3) is 0.471. The minimum absolute atomic E-state index is 0.175. The first-order valence-corrected chi connectivity index (χ1v) is 16.2. The van der Waals surface area contributed by atoms with E-state index in [1.807, 2.05) is 35.0 Å². The van der Waals surface area contributed by atoms with Crippen molar-refractivity contribution < 1.29 is 0 Å². The van der Waals surface area contributed by atoms with Gasteiger partial charge in [-0.15, -0.1) is 5.10 Å². The standard InChI is InChI=1S/C34H42ClN9/c1-34(2,3)42-17-13-27(14-18-42)44-23-30(39-41-44)32(24-11-7-6-8-12-24)38-26-19-28-31(40-43-15-9-4-5-10-16-43)25(21-36)22-37-33(28)29(35)20-26/h6-8,11-12,19-20,22-23,27,32,38H,4-5,9-10,13-18H2,1-3H3,(H,37,40). The van der Waals surface area contributed by atoms with Crippen molar-refractivity contribution in [1.29, 1.82) is 5.26 Å². The molecule has 0 bridgehead atoms. The van der Waals surface area contributed by atoms with Crippen molar-refractivity contribution in [3.63, 3.8) is 0 Å². The molecule has 0 aliphatic carbocycles. The van der Waals surface area contributed by atoms with Crippen LogP contribution < -0.4 is 10.7 Å². The summed E-state index contributed by atoms with van der Waals surface area (Å²) < 4.78 is 2.05. The smallest absolute Gasteiger partial charge is 0.109 e. The summed E-state index contributed by atoms with van der Waals surface area (Å²) in [6.07, 6.45) is 10.5. The number of piperidine rings is 1. The number of nitrogens with one attached hydrogen (secondary N) is 2. The lowest BCUT2D eigenvalue weighted by Crippen LogP contribution is -2.46. The van der Waals surface area contributed by atoms with E-state index in [4.69, 9.17) is 11.6 Å². The molecule has 2 aliphatic rings. The molecule has 0 amide bonds. The SMILES string of the molecule is CC(C)(C)N1CCC(n2cc(C(Nc3cc(Cl)c4ncc(C#N)c(NN5CCCCCC5)c4c3)c3ccccc3)nn2)CC1. The van der Waals surface area contributed by atoms with Crippen molar-refractivity contribution in [2.24, 2.45) is 0 Å². The van der Waals surface area contributed by atoms with Crippen molar-refractivity contribution in [2.45, 2.75) is 76.9 Å². The Labute approximate surface area is 265 Å². The Morgan fingerprint density at radius 3 is 2.41 bits per heavy atom. The highest BCUT2D eigenvalue weighted by Crippen LogP contribution is 2.36. The van der Waals surface area contributed by atoms with Crippen molar-refractivity contribution in [1.82, 2.24) is 29.9 Å². The molecule has 9 nitrogen and oxygen atoms in total. The first-order valence-electron chi connectivity index (χ1n) is 15.8. The lowest BCUT2D eigenvalue weighted by molar-refractivity contribution is 0.0866. The van der Waals surface area contributed by atoms with Crippen molar-refractivity contribution in [3.05, 3.63) is 76.7 Å². The number of fused-ring (bicyclic) bond motifs is 1. The van der Waals surface area contributed by atoms with Crippen molar-refractivity contribution in [2.75, 3.05) is 36.9 Å². The molecule has 2 aromatic heterocycles. The Kier molecular flexibility index (Phi) is 9.03. The van der Waals surface area contributed by atoms with Gasteiger partial charge in [0.15, 0.2) is 0 Å². The van der Waals surface area contributed by atoms with Crippen molar-refractivity contribution >= 4 is 33.9 Å². The first kappa shape index (κ1) is 30.3. The first-order chi connectivity index (χ1) is 21.3. The second kappa shape index (κ2) is 13.1. The lowest BCUT2D eigenvalue weighted by atomic mass is 9.98. The number of benzene rings is 2. The van der Waals surface area contributed by atoms with Crippen LogP contribution in [-0.4, -0.2) is 61.6 Å². The molecule has 4 heterocycles. The van der Waals surface area contributed by atoms with E-state index in [0.717, 1.165) is 79.9 Å². The third-order valence-electron chi connectivity index (χ3n) is 8.98. The Morgan fingerprint density at radius 2 is 1.73 bits per heavy atom. The fourth-order valence-electron chi connectivity index (χ4n) is 6.43. The lowest BCUT2D eigenvalue weighted by Gasteiger charge is -2.40. The van der Waals surface area contributed by atoms with Gasteiger partial charge in [-0.2, -0.15) is 5.26 Å². The number of anilines is 2. The number of aromatic nitrogens is 4. The molecule has 230 valence electrons. The third-order valence-corrected chi connectivity index (χ3v) is 9.26. The minimum Gasteiger partial charge on any atom is -0.373 e. The van der Waals surface area contributed by atoms with Crippen LogP contribution >= 0.6 is 11.6 Å². The Balaban J connectivity index is 1.32. The van der Waals surface area contributed by atoms with Crippen LogP contribution in [0.15, 0.2) is 54.9 Å². The highest BCUT2D eigenvalue weighted by Gasteiger charge is 2.29. The van der Waals surface area contributed by atoms with E-state index < -0.39 is 0 Å². The van der Waals surface area contributed by atoms with Gasteiger partial charge in [0.25, 0.3) is 0 Å². The zero-order valence-electron chi connectivity index (χ0n) is 25.9. The highest BCUT2D eigenvalue weighted by atomic mass is 35.5. The number of pyridine rings is 1. The van der Waals surface area contributed by atoms with Crippen LogP contribution in [0.1, 0.15) is 88.2 Å². The maximum atomic E-state index is 9.99. The van der Waals surface area contributed by atoms with Gasteiger partial charge in [0.2, 0.25) is 0 Å². The largest absolute Gasteiger partial charge is 0.373 e. The van der Waals surface area contributed by atoms with Gasteiger partial charge in [-0.05, 0) is 64.2 Å². The maximum Gasteiger partial charge on any atom is 0.109 e. The molecular weight excluding hydrogens is 570 g/mol. The monoisotopic (exact) mass is 611 g/mol. The number of nitriles is 1. The molecule has 2 N–H and O–H groups in total. The summed E-state index contributed by atoms with van der Waals surface area (Å²) in [5.41, 5.74) is 8.38. The number of rotatable bonds is 7. The van der Waals surface area contributed by atoms with Gasteiger partial charge in [-0.3, -0.25) is 9.88 Å². The predicted molar refractivity (Wildman–Crippen MR) is 177 cm³/mol. The van der Waals surface area contributed by atoms with E-state index in [1.165, 1.54) is 12.8 Å². The number of hydrogen-bond acceptors (Lipinski definition) is 8.